The van der Waals surface area contributed by atoms with Crippen molar-refractivity contribution in [3.8, 4) is 0 Å². The summed E-state index contributed by atoms with van der Waals surface area (Å²) in [5.74, 6) is 0. The number of hydrogen-bond acceptors (Lipinski definition) is 3. The summed E-state index contributed by atoms with van der Waals surface area (Å²) in [6, 6.07) is 4.22. The van der Waals surface area contributed by atoms with E-state index in [0.717, 1.165) is 6.54 Å². The molecule has 0 fully saturated rings. The summed E-state index contributed by atoms with van der Waals surface area (Å²) in [5, 5.41) is 7.51. The van der Waals surface area contributed by atoms with Gasteiger partial charge in [0.2, 0.25) is 0 Å². The molecular weight excluding hydrogens is 192 g/mol. The SMILES string of the molecule is Cc1cncc(CNc2ccsc2)c1. The molecule has 2 heterocycles. The largest absolute Gasteiger partial charge is 0.380 e. The molecule has 1 N–H and O–H groups in total. The summed E-state index contributed by atoms with van der Waals surface area (Å²) < 4.78 is 0. The van der Waals surface area contributed by atoms with Gasteiger partial charge in [0, 0.05) is 30.0 Å². The lowest BCUT2D eigenvalue weighted by atomic mass is 10.2. The Morgan fingerprint density at radius 1 is 1.43 bits per heavy atom. The van der Waals surface area contributed by atoms with Crippen molar-refractivity contribution < 1.29 is 0 Å². The quantitative estimate of drug-likeness (QED) is 0.831. The molecule has 2 aromatic rings. The molecule has 0 saturated carbocycles. The zero-order valence-corrected chi connectivity index (χ0v) is 8.84. The third-order valence-electron chi connectivity index (χ3n) is 1.95. The first-order chi connectivity index (χ1) is 6.84. The Kier molecular flexibility index (Phi) is 2.79. The molecule has 0 aliphatic heterocycles. The van der Waals surface area contributed by atoms with Gasteiger partial charge in [0.1, 0.15) is 0 Å². The smallest absolute Gasteiger partial charge is 0.0451 e. The lowest BCUT2D eigenvalue weighted by molar-refractivity contribution is 1.10. The van der Waals surface area contributed by atoms with Gasteiger partial charge in [-0.15, -0.1) is 0 Å². The first-order valence-electron chi connectivity index (χ1n) is 4.51. The van der Waals surface area contributed by atoms with Gasteiger partial charge in [0.05, 0.1) is 0 Å². The van der Waals surface area contributed by atoms with Crippen LogP contribution in [0.3, 0.4) is 0 Å². The highest BCUT2D eigenvalue weighted by Gasteiger charge is 1.94. The molecule has 3 heteroatoms. The van der Waals surface area contributed by atoms with Gasteiger partial charge in [0.25, 0.3) is 0 Å². The number of aromatic nitrogens is 1. The van der Waals surface area contributed by atoms with Gasteiger partial charge in [-0.3, -0.25) is 4.98 Å². The van der Waals surface area contributed by atoms with Crippen LogP contribution < -0.4 is 5.32 Å². The number of aryl methyl sites for hydroxylation is 1. The van der Waals surface area contributed by atoms with Crippen molar-refractivity contribution in [3.05, 3.63) is 46.4 Å². The minimum absolute atomic E-state index is 0.839. The highest BCUT2D eigenvalue weighted by molar-refractivity contribution is 7.08. The second kappa shape index (κ2) is 4.24. The first-order valence-corrected chi connectivity index (χ1v) is 5.45. The van der Waals surface area contributed by atoms with Gasteiger partial charge in [-0.2, -0.15) is 11.3 Å². The van der Waals surface area contributed by atoms with Gasteiger partial charge >= 0.3 is 0 Å². The maximum atomic E-state index is 4.15. The molecular formula is C11H12N2S. The van der Waals surface area contributed by atoms with Crippen LogP contribution in [0.5, 0.6) is 0 Å². The number of thiophene rings is 1. The normalized spacial score (nSPS) is 10.1. The molecule has 72 valence electrons. The average Bonchev–Trinajstić information content (AvgIpc) is 2.67. The fourth-order valence-electron chi connectivity index (χ4n) is 1.28. The van der Waals surface area contributed by atoms with Gasteiger partial charge in [-0.25, -0.2) is 0 Å². The monoisotopic (exact) mass is 204 g/mol. The topological polar surface area (TPSA) is 24.9 Å². The fraction of sp³-hybridized carbons (Fsp3) is 0.182. The minimum atomic E-state index is 0.839. The van der Waals surface area contributed by atoms with E-state index in [1.165, 1.54) is 16.8 Å². The summed E-state index contributed by atoms with van der Waals surface area (Å²) in [6.07, 6.45) is 3.76. The van der Waals surface area contributed by atoms with E-state index in [1.807, 2.05) is 12.4 Å². The van der Waals surface area contributed by atoms with E-state index in [4.69, 9.17) is 0 Å². The zero-order chi connectivity index (χ0) is 9.80. The molecule has 2 rings (SSSR count). The van der Waals surface area contributed by atoms with E-state index in [9.17, 15) is 0 Å². The van der Waals surface area contributed by atoms with E-state index in [2.05, 4.69) is 40.1 Å². The summed E-state index contributed by atoms with van der Waals surface area (Å²) in [5.41, 5.74) is 3.60. The summed E-state index contributed by atoms with van der Waals surface area (Å²) in [6.45, 7) is 2.90. The second-order valence-electron chi connectivity index (χ2n) is 3.24. The molecule has 14 heavy (non-hydrogen) atoms. The molecule has 0 spiro atoms. The Morgan fingerprint density at radius 2 is 2.36 bits per heavy atom. The van der Waals surface area contributed by atoms with E-state index >= 15 is 0 Å². The van der Waals surface area contributed by atoms with E-state index in [0.29, 0.717) is 0 Å². The van der Waals surface area contributed by atoms with Crippen LogP contribution in [-0.2, 0) is 6.54 Å². The van der Waals surface area contributed by atoms with Crippen molar-refractivity contribution in [1.82, 2.24) is 4.98 Å². The van der Waals surface area contributed by atoms with Gasteiger partial charge in [-0.1, -0.05) is 6.07 Å². The third kappa shape index (κ3) is 2.33. The van der Waals surface area contributed by atoms with Crippen molar-refractivity contribution in [2.45, 2.75) is 13.5 Å². The molecule has 0 saturated heterocycles. The molecule has 2 nitrogen and oxygen atoms in total. The molecule has 0 aromatic carbocycles. The molecule has 2 aromatic heterocycles. The van der Waals surface area contributed by atoms with Gasteiger partial charge in [0.15, 0.2) is 0 Å². The second-order valence-corrected chi connectivity index (χ2v) is 4.02. The summed E-state index contributed by atoms with van der Waals surface area (Å²) in [4.78, 5) is 4.15. The number of hydrogen-bond donors (Lipinski definition) is 1. The van der Waals surface area contributed by atoms with Crippen LogP contribution in [0.15, 0.2) is 35.3 Å². The third-order valence-corrected chi connectivity index (χ3v) is 2.63. The molecule has 0 unspecified atom stereocenters. The zero-order valence-electron chi connectivity index (χ0n) is 8.03. The van der Waals surface area contributed by atoms with Crippen molar-refractivity contribution in [3.63, 3.8) is 0 Å². The van der Waals surface area contributed by atoms with E-state index < -0.39 is 0 Å². The Hall–Kier alpha value is -1.35. The standard InChI is InChI=1S/C11H12N2S/c1-9-4-10(6-12-5-9)7-13-11-2-3-14-8-11/h2-6,8,13H,7H2,1H3. The van der Waals surface area contributed by atoms with Crippen LogP contribution in [0.2, 0.25) is 0 Å². The van der Waals surface area contributed by atoms with Crippen molar-refractivity contribution in [1.29, 1.82) is 0 Å². The Bertz CT molecular complexity index is 395. The van der Waals surface area contributed by atoms with Crippen LogP contribution >= 0.6 is 11.3 Å². The first kappa shape index (κ1) is 9.21. The predicted molar refractivity (Wildman–Crippen MR) is 60.6 cm³/mol. The van der Waals surface area contributed by atoms with Crippen LogP contribution in [0, 0.1) is 6.92 Å². The average molecular weight is 204 g/mol. The molecule has 0 amide bonds. The molecule has 0 atom stereocenters. The van der Waals surface area contributed by atoms with Crippen LogP contribution in [0.1, 0.15) is 11.1 Å². The maximum absolute atomic E-state index is 4.15. The number of pyridine rings is 1. The van der Waals surface area contributed by atoms with Crippen LogP contribution in [-0.4, -0.2) is 4.98 Å². The highest BCUT2D eigenvalue weighted by Crippen LogP contribution is 2.13. The van der Waals surface area contributed by atoms with Crippen molar-refractivity contribution >= 4 is 17.0 Å². The van der Waals surface area contributed by atoms with E-state index in [1.54, 1.807) is 11.3 Å². The van der Waals surface area contributed by atoms with Crippen LogP contribution in [0.4, 0.5) is 5.69 Å². The highest BCUT2D eigenvalue weighted by atomic mass is 32.1. The molecule has 0 aliphatic rings. The Labute approximate surface area is 87.6 Å². The van der Waals surface area contributed by atoms with Crippen LogP contribution in [0.25, 0.3) is 0 Å². The molecule has 0 aliphatic carbocycles. The number of nitrogens with zero attached hydrogens (tertiary/aromatic N) is 1. The summed E-state index contributed by atoms with van der Waals surface area (Å²) in [7, 11) is 0. The Morgan fingerprint density at radius 3 is 3.07 bits per heavy atom. The lowest BCUT2D eigenvalue weighted by Crippen LogP contribution is -1.98. The predicted octanol–water partition coefficient (Wildman–Crippen LogP) is 3.06. The number of anilines is 1. The number of nitrogens with one attached hydrogen (secondary N) is 1. The van der Waals surface area contributed by atoms with Gasteiger partial charge < -0.3 is 5.32 Å². The maximum Gasteiger partial charge on any atom is 0.0451 e. The summed E-state index contributed by atoms with van der Waals surface area (Å²) >= 11 is 1.70. The number of rotatable bonds is 3. The lowest BCUT2D eigenvalue weighted by Gasteiger charge is -2.03. The Balaban J connectivity index is 1.98. The van der Waals surface area contributed by atoms with Crippen molar-refractivity contribution in [2.75, 3.05) is 5.32 Å². The molecule has 0 bridgehead atoms. The minimum Gasteiger partial charge on any atom is -0.380 e. The van der Waals surface area contributed by atoms with Crippen molar-refractivity contribution in [2.24, 2.45) is 0 Å². The van der Waals surface area contributed by atoms with Gasteiger partial charge in [-0.05, 0) is 29.5 Å². The molecule has 0 radical (unpaired) electrons. The fourth-order valence-corrected chi connectivity index (χ4v) is 1.90. The van der Waals surface area contributed by atoms with E-state index in [-0.39, 0.29) is 0 Å².